The summed E-state index contributed by atoms with van der Waals surface area (Å²) in [5.74, 6) is -0.806. The molecule has 4 atom stereocenters. The molecule has 1 aliphatic heterocycles. The predicted molar refractivity (Wildman–Crippen MR) is 185 cm³/mol. The van der Waals surface area contributed by atoms with Crippen LogP contribution in [0, 0.1) is 11.7 Å². The van der Waals surface area contributed by atoms with Crippen LogP contribution in [-0.2, 0) is 32.0 Å². The van der Waals surface area contributed by atoms with Gasteiger partial charge in [0, 0.05) is 24.0 Å². The molecule has 0 radical (unpaired) electrons. The lowest BCUT2D eigenvalue weighted by Crippen LogP contribution is -2.52. The monoisotopic (exact) mass is 678 g/mol. The van der Waals surface area contributed by atoms with Crippen LogP contribution >= 0.6 is 0 Å². The summed E-state index contributed by atoms with van der Waals surface area (Å²) in [5, 5.41) is 14.4. The highest BCUT2D eigenvalue weighted by Crippen LogP contribution is 2.43. The number of aromatic nitrogens is 1. The van der Waals surface area contributed by atoms with E-state index in [0.29, 0.717) is 29.2 Å². The molecule has 48 heavy (non-hydrogen) atoms. The van der Waals surface area contributed by atoms with Crippen molar-refractivity contribution in [3.63, 3.8) is 0 Å². The molecule has 0 unspecified atom stereocenters. The van der Waals surface area contributed by atoms with E-state index >= 15 is 4.39 Å². The van der Waals surface area contributed by atoms with Gasteiger partial charge in [-0.05, 0) is 95.7 Å². The molecule has 1 aromatic heterocycles. The third-order valence-corrected chi connectivity index (χ3v) is 10.5. The molecule has 2 amide bonds. The molecule has 3 aromatic rings. The Morgan fingerprint density at radius 1 is 1.06 bits per heavy atom. The maximum atomic E-state index is 15.6. The summed E-state index contributed by atoms with van der Waals surface area (Å²) >= 11 is -1.53. The number of amides is 2. The predicted octanol–water partition coefficient (Wildman–Crippen LogP) is 6.54. The van der Waals surface area contributed by atoms with Gasteiger partial charge < -0.3 is 19.7 Å². The Morgan fingerprint density at radius 2 is 1.75 bits per heavy atom. The standard InChI is InChI=1S/C37H47FN4O5S/c1-34(2,3)47-33(44)42-24-36(45,26-12-8-7-9-13-26)23-30(42)32(43)40-29-22-27(17-18-28(29)38)37(20-19-25-15-16-25,31-14-10-11-21-39-31)41-48(46)35(4,5)6/h7-14,17-18,21-22,25,30,41,45H,15-16,19-20,23-24H2,1-6H3,(H,40,43)/t30-,36+,37-,48-/m0/s1. The van der Waals surface area contributed by atoms with Gasteiger partial charge in [-0.2, -0.15) is 0 Å². The third-order valence-electron chi connectivity index (χ3n) is 8.85. The Morgan fingerprint density at radius 3 is 2.35 bits per heavy atom. The van der Waals surface area contributed by atoms with E-state index in [2.05, 4.69) is 15.0 Å². The van der Waals surface area contributed by atoms with Gasteiger partial charge >= 0.3 is 6.09 Å². The first-order chi connectivity index (χ1) is 22.5. The van der Waals surface area contributed by atoms with Crippen LogP contribution in [0.4, 0.5) is 14.9 Å². The molecule has 2 aliphatic rings. The van der Waals surface area contributed by atoms with Gasteiger partial charge in [-0.3, -0.25) is 14.7 Å². The number of anilines is 1. The fourth-order valence-electron chi connectivity index (χ4n) is 6.03. The zero-order valence-electron chi connectivity index (χ0n) is 28.6. The van der Waals surface area contributed by atoms with Crippen molar-refractivity contribution in [2.75, 3.05) is 11.9 Å². The van der Waals surface area contributed by atoms with Crippen molar-refractivity contribution < 1.29 is 28.4 Å². The van der Waals surface area contributed by atoms with Crippen molar-refractivity contribution in [2.45, 2.75) is 101 Å². The van der Waals surface area contributed by atoms with Crippen LogP contribution in [0.5, 0.6) is 0 Å². The van der Waals surface area contributed by atoms with E-state index in [1.165, 1.54) is 11.0 Å². The Hall–Kier alpha value is -3.51. The van der Waals surface area contributed by atoms with E-state index in [1.54, 1.807) is 69.4 Å². The number of carbonyl (C=O) groups is 2. The Kier molecular flexibility index (Phi) is 10.3. The van der Waals surface area contributed by atoms with Crippen molar-refractivity contribution in [2.24, 2.45) is 5.92 Å². The number of rotatable bonds is 10. The first-order valence-electron chi connectivity index (χ1n) is 16.5. The number of likely N-dealkylation sites (tertiary alicyclic amines) is 1. The first-order valence-corrected chi connectivity index (χ1v) is 17.7. The minimum Gasteiger partial charge on any atom is -0.598 e. The summed E-state index contributed by atoms with van der Waals surface area (Å²) in [6.07, 6.45) is 4.44. The van der Waals surface area contributed by atoms with Gasteiger partial charge in [0.05, 0.1) is 17.9 Å². The number of aliphatic hydroxyl groups is 1. The second-order valence-electron chi connectivity index (χ2n) is 15.0. The number of ether oxygens (including phenoxy) is 1. The van der Waals surface area contributed by atoms with Crippen LogP contribution in [0.15, 0.2) is 72.9 Å². The molecule has 9 nitrogen and oxygen atoms in total. The fraction of sp³-hybridized carbons (Fsp3) is 0.486. The van der Waals surface area contributed by atoms with Crippen molar-refractivity contribution in [3.8, 4) is 0 Å². The molecule has 258 valence electrons. The molecule has 2 heterocycles. The summed E-state index contributed by atoms with van der Waals surface area (Å²) < 4.78 is 37.7. The average Bonchev–Trinajstić information content (AvgIpc) is 3.79. The van der Waals surface area contributed by atoms with Gasteiger partial charge in [0.1, 0.15) is 33.3 Å². The van der Waals surface area contributed by atoms with E-state index in [-0.39, 0.29) is 18.7 Å². The normalized spacial score (nSPS) is 21.8. The lowest BCUT2D eigenvalue weighted by atomic mass is 9.82. The highest BCUT2D eigenvalue weighted by molar-refractivity contribution is 7.90. The van der Waals surface area contributed by atoms with Crippen LogP contribution < -0.4 is 10.0 Å². The molecule has 0 spiro atoms. The van der Waals surface area contributed by atoms with E-state index in [9.17, 15) is 19.2 Å². The number of nitrogens with one attached hydrogen (secondary N) is 2. The maximum absolute atomic E-state index is 15.6. The second-order valence-corrected chi connectivity index (χ2v) is 17.0. The summed E-state index contributed by atoms with van der Waals surface area (Å²) in [7, 11) is 0. The van der Waals surface area contributed by atoms with E-state index < -0.39 is 56.7 Å². The highest BCUT2D eigenvalue weighted by Gasteiger charge is 2.50. The molecule has 1 aliphatic carbocycles. The van der Waals surface area contributed by atoms with Crippen LogP contribution in [0.3, 0.4) is 0 Å². The highest BCUT2D eigenvalue weighted by atomic mass is 32.2. The van der Waals surface area contributed by atoms with Crippen LogP contribution in [0.2, 0.25) is 0 Å². The Labute approximate surface area is 286 Å². The van der Waals surface area contributed by atoms with Crippen LogP contribution in [0.25, 0.3) is 0 Å². The molecule has 11 heteroatoms. The van der Waals surface area contributed by atoms with Gasteiger partial charge in [-0.25, -0.2) is 9.18 Å². The molecule has 3 N–H and O–H groups in total. The number of hydrogen-bond donors (Lipinski definition) is 3. The molecule has 2 aromatic carbocycles. The number of pyridine rings is 1. The van der Waals surface area contributed by atoms with E-state index in [4.69, 9.17) is 4.74 Å². The smallest absolute Gasteiger partial charge is 0.411 e. The van der Waals surface area contributed by atoms with Crippen molar-refractivity contribution in [3.05, 3.63) is 95.6 Å². The summed E-state index contributed by atoms with van der Waals surface area (Å²) in [5.41, 5.74) is -1.76. The first kappa shape index (κ1) is 35.8. The maximum Gasteiger partial charge on any atom is 0.411 e. The molecule has 1 saturated heterocycles. The Balaban J connectivity index is 1.52. The van der Waals surface area contributed by atoms with Gasteiger partial charge in [0.15, 0.2) is 0 Å². The van der Waals surface area contributed by atoms with E-state index in [0.717, 1.165) is 19.3 Å². The number of carbonyl (C=O) groups excluding carboxylic acids is 2. The molecule has 5 rings (SSSR count). The number of hydrogen-bond acceptors (Lipinski definition) is 7. The molecular weight excluding hydrogens is 631 g/mol. The zero-order valence-corrected chi connectivity index (χ0v) is 29.4. The molecular formula is C37H47FN4O5S. The van der Waals surface area contributed by atoms with Gasteiger partial charge in [-0.1, -0.05) is 55.3 Å². The summed E-state index contributed by atoms with van der Waals surface area (Å²) in [6.45, 7) is 10.6. The SMILES string of the molecule is CC(C)(C)OC(=O)N1C[C@@](O)(c2ccccc2)C[C@H]1C(=O)Nc1cc([C@](CCC2CC2)(N[S@@+]([O-])C(C)(C)C)c2ccccn2)ccc1F. The molecule has 2 fully saturated rings. The minimum atomic E-state index is -1.53. The number of nitrogens with zero attached hydrogens (tertiary/aromatic N) is 2. The third kappa shape index (κ3) is 8.19. The second kappa shape index (κ2) is 13.8. The van der Waals surface area contributed by atoms with Gasteiger partial charge in [0.25, 0.3) is 0 Å². The fourth-order valence-corrected chi connectivity index (χ4v) is 6.98. The minimum absolute atomic E-state index is 0.105. The largest absolute Gasteiger partial charge is 0.598 e. The quantitative estimate of drug-likeness (QED) is 0.208. The number of β-amino-alcohol motifs (C(OH)–C–C–N with tert-alkyl or cyclic N) is 1. The van der Waals surface area contributed by atoms with E-state index in [1.807, 2.05) is 39.0 Å². The van der Waals surface area contributed by atoms with Crippen LogP contribution in [-0.4, -0.2) is 54.5 Å². The van der Waals surface area contributed by atoms with Crippen LogP contribution in [0.1, 0.15) is 90.5 Å². The van der Waals surface area contributed by atoms with Crippen molar-refractivity contribution >= 4 is 29.0 Å². The lowest BCUT2D eigenvalue weighted by Gasteiger charge is -2.38. The zero-order chi connectivity index (χ0) is 34.9. The van der Waals surface area contributed by atoms with Crippen molar-refractivity contribution in [1.82, 2.24) is 14.6 Å². The van der Waals surface area contributed by atoms with Gasteiger partial charge in [-0.15, -0.1) is 4.72 Å². The number of benzene rings is 2. The molecule has 0 bridgehead atoms. The summed E-state index contributed by atoms with van der Waals surface area (Å²) in [4.78, 5) is 33.3. The topological polar surface area (TPSA) is 127 Å². The van der Waals surface area contributed by atoms with Gasteiger partial charge in [0.2, 0.25) is 5.91 Å². The number of halogens is 1. The molecule has 1 saturated carbocycles. The average molecular weight is 679 g/mol. The van der Waals surface area contributed by atoms with Crippen molar-refractivity contribution in [1.29, 1.82) is 0 Å². The Bertz CT molecular complexity index is 1590. The lowest BCUT2D eigenvalue weighted by molar-refractivity contribution is -0.120. The summed E-state index contributed by atoms with van der Waals surface area (Å²) in [6, 6.07) is 17.7.